The smallest absolute Gasteiger partial charge is 0.237 e. The van der Waals surface area contributed by atoms with Crippen molar-refractivity contribution >= 4 is 44.0 Å². The highest BCUT2D eigenvalue weighted by atomic mass is 79.9. The van der Waals surface area contributed by atoms with Crippen LogP contribution in [0.25, 0.3) is 0 Å². The Labute approximate surface area is 134 Å². The largest absolute Gasteiger partial charge is 0.399 e. The van der Waals surface area contributed by atoms with Crippen molar-refractivity contribution in [3.63, 3.8) is 0 Å². The number of hydrogen-bond donors (Lipinski definition) is 2. The Balaban J connectivity index is 2.07. The molecule has 110 valence electrons. The third-order valence-corrected chi connectivity index (χ3v) is 5.20. The Bertz CT molecular complexity index is 704. The van der Waals surface area contributed by atoms with Gasteiger partial charge in [-0.25, -0.2) is 0 Å². The van der Waals surface area contributed by atoms with Crippen molar-refractivity contribution in [1.29, 1.82) is 0 Å². The molecule has 2 aromatic carbocycles. The summed E-state index contributed by atoms with van der Waals surface area (Å²) in [6.45, 7) is 1.87. The van der Waals surface area contributed by atoms with Crippen molar-refractivity contribution < 1.29 is 9.00 Å². The molecular weight excluding hydrogens is 352 g/mol. The number of benzene rings is 2. The molecule has 2 aromatic rings. The molecule has 1 atom stereocenters. The normalized spacial score (nSPS) is 11.9. The van der Waals surface area contributed by atoms with Gasteiger partial charge in [0.15, 0.2) is 0 Å². The molecule has 0 saturated heterocycles. The maximum Gasteiger partial charge on any atom is 0.237 e. The predicted octanol–water partition coefficient (Wildman–Crippen LogP) is 3.09. The monoisotopic (exact) mass is 366 g/mol. The molecule has 1 amide bonds. The quantitative estimate of drug-likeness (QED) is 0.816. The van der Waals surface area contributed by atoms with Crippen LogP contribution in [-0.2, 0) is 15.6 Å². The minimum Gasteiger partial charge on any atom is -0.399 e. The van der Waals surface area contributed by atoms with Gasteiger partial charge in [0.25, 0.3) is 0 Å². The molecule has 0 aliphatic rings. The maximum atomic E-state index is 12.2. The summed E-state index contributed by atoms with van der Waals surface area (Å²) in [5, 5.41) is 2.74. The lowest BCUT2D eigenvalue weighted by atomic mass is 10.2. The molecule has 0 aliphatic heterocycles. The summed E-state index contributed by atoms with van der Waals surface area (Å²) in [5.74, 6) is -0.408. The number of rotatable bonds is 4. The zero-order chi connectivity index (χ0) is 15.4. The van der Waals surface area contributed by atoms with Crippen molar-refractivity contribution in [3.05, 3.63) is 52.5 Å². The van der Waals surface area contributed by atoms with Gasteiger partial charge in [-0.1, -0.05) is 18.2 Å². The molecule has 2 rings (SSSR count). The number of nitrogen functional groups attached to an aromatic ring is 1. The third kappa shape index (κ3) is 4.15. The average Bonchev–Trinajstić information content (AvgIpc) is 2.43. The second-order valence-corrected chi connectivity index (χ2v) is 6.82. The zero-order valence-electron chi connectivity index (χ0n) is 11.4. The standard InChI is InChI=1S/C15H15BrN2O2S/c1-10-6-7-11(17)8-13(10)18-15(19)9-21(20)14-5-3-2-4-12(14)16/h2-8H,9,17H2,1H3,(H,18,19). The van der Waals surface area contributed by atoms with E-state index in [9.17, 15) is 9.00 Å². The van der Waals surface area contributed by atoms with Crippen LogP contribution in [0.1, 0.15) is 5.56 Å². The molecule has 0 radical (unpaired) electrons. The van der Waals surface area contributed by atoms with Crippen LogP contribution < -0.4 is 11.1 Å². The van der Waals surface area contributed by atoms with E-state index in [0.29, 0.717) is 16.3 Å². The Morgan fingerprint density at radius 3 is 2.71 bits per heavy atom. The highest BCUT2D eigenvalue weighted by molar-refractivity contribution is 9.10. The Kier molecular flexibility index (Phi) is 5.14. The SMILES string of the molecule is Cc1ccc(N)cc1NC(=O)CS(=O)c1ccccc1Br. The first-order chi connectivity index (χ1) is 9.97. The molecule has 21 heavy (non-hydrogen) atoms. The molecule has 0 heterocycles. The Morgan fingerprint density at radius 1 is 1.29 bits per heavy atom. The molecule has 1 unspecified atom stereocenters. The fourth-order valence-electron chi connectivity index (χ4n) is 1.79. The number of nitrogens with two attached hydrogens (primary N) is 1. The number of hydrogen-bond acceptors (Lipinski definition) is 3. The fraction of sp³-hybridized carbons (Fsp3) is 0.133. The van der Waals surface area contributed by atoms with Gasteiger partial charge >= 0.3 is 0 Å². The molecule has 0 spiro atoms. The first-order valence-corrected chi connectivity index (χ1v) is 8.37. The van der Waals surface area contributed by atoms with Crippen LogP contribution in [0.2, 0.25) is 0 Å². The van der Waals surface area contributed by atoms with Gasteiger partial charge in [0.2, 0.25) is 5.91 Å². The number of halogens is 1. The van der Waals surface area contributed by atoms with E-state index in [1.807, 2.05) is 19.1 Å². The molecule has 0 aliphatic carbocycles. The van der Waals surface area contributed by atoms with Gasteiger partial charge in [-0.2, -0.15) is 0 Å². The van der Waals surface area contributed by atoms with Crippen molar-refractivity contribution in [1.82, 2.24) is 0 Å². The number of carbonyl (C=O) groups is 1. The maximum absolute atomic E-state index is 12.2. The first-order valence-electron chi connectivity index (χ1n) is 6.26. The Hall–Kier alpha value is -1.66. The predicted molar refractivity (Wildman–Crippen MR) is 89.6 cm³/mol. The van der Waals surface area contributed by atoms with Crippen molar-refractivity contribution in [2.45, 2.75) is 11.8 Å². The minimum absolute atomic E-state index is 0.100. The summed E-state index contributed by atoms with van der Waals surface area (Å²) in [5.41, 5.74) is 7.82. The topological polar surface area (TPSA) is 72.2 Å². The van der Waals surface area contributed by atoms with Crippen LogP contribution in [0.5, 0.6) is 0 Å². The lowest BCUT2D eigenvalue weighted by Crippen LogP contribution is -2.20. The molecule has 0 saturated carbocycles. The minimum atomic E-state index is -1.40. The summed E-state index contributed by atoms with van der Waals surface area (Å²) in [6.07, 6.45) is 0. The summed E-state index contributed by atoms with van der Waals surface area (Å²) < 4.78 is 12.9. The van der Waals surface area contributed by atoms with E-state index in [4.69, 9.17) is 5.73 Å². The van der Waals surface area contributed by atoms with Gasteiger partial charge in [-0.05, 0) is 52.7 Å². The van der Waals surface area contributed by atoms with Crippen LogP contribution >= 0.6 is 15.9 Å². The summed E-state index contributed by atoms with van der Waals surface area (Å²) >= 11 is 3.33. The number of carbonyl (C=O) groups excluding carboxylic acids is 1. The van der Waals surface area contributed by atoms with E-state index in [1.54, 1.807) is 30.3 Å². The number of anilines is 2. The van der Waals surface area contributed by atoms with Crippen LogP contribution in [-0.4, -0.2) is 15.9 Å². The number of amides is 1. The molecule has 0 bridgehead atoms. The van der Waals surface area contributed by atoms with Gasteiger partial charge in [0, 0.05) is 15.8 Å². The van der Waals surface area contributed by atoms with E-state index >= 15 is 0 Å². The van der Waals surface area contributed by atoms with E-state index in [0.717, 1.165) is 10.0 Å². The first kappa shape index (κ1) is 15.7. The fourth-order valence-corrected chi connectivity index (χ4v) is 3.59. The van der Waals surface area contributed by atoms with Crippen LogP contribution in [0, 0.1) is 6.92 Å². The van der Waals surface area contributed by atoms with Gasteiger partial charge < -0.3 is 11.1 Å². The van der Waals surface area contributed by atoms with Gasteiger partial charge in [0.1, 0.15) is 5.75 Å². The molecule has 0 aromatic heterocycles. The van der Waals surface area contributed by atoms with Crippen LogP contribution in [0.15, 0.2) is 51.8 Å². The van der Waals surface area contributed by atoms with Crippen LogP contribution in [0.3, 0.4) is 0 Å². The van der Waals surface area contributed by atoms with E-state index in [1.165, 1.54) is 0 Å². The van der Waals surface area contributed by atoms with Crippen molar-refractivity contribution in [3.8, 4) is 0 Å². The third-order valence-electron chi connectivity index (χ3n) is 2.88. The number of aryl methyl sites for hydroxylation is 1. The second-order valence-electron chi connectivity index (χ2n) is 4.54. The van der Waals surface area contributed by atoms with Gasteiger partial charge in [-0.15, -0.1) is 0 Å². The molecule has 6 heteroatoms. The van der Waals surface area contributed by atoms with Gasteiger partial charge in [0.05, 0.1) is 15.7 Å². The van der Waals surface area contributed by atoms with E-state index in [-0.39, 0.29) is 11.7 Å². The van der Waals surface area contributed by atoms with Crippen molar-refractivity contribution in [2.75, 3.05) is 16.8 Å². The van der Waals surface area contributed by atoms with E-state index < -0.39 is 10.8 Å². The summed E-state index contributed by atoms with van der Waals surface area (Å²) in [6, 6.07) is 12.4. The molecular formula is C15H15BrN2O2S. The van der Waals surface area contributed by atoms with Crippen molar-refractivity contribution in [2.24, 2.45) is 0 Å². The highest BCUT2D eigenvalue weighted by Gasteiger charge is 2.13. The van der Waals surface area contributed by atoms with E-state index in [2.05, 4.69) is 21.2 Å². The zero-order valence-corrected chi connectivity index (χ0v) is 13.8. The highest BCUT2D eigenvalue weighted by Crippen LogP contribution is 2.21. The molecule has 0 fully saturated rings. The molecule has 4 nitrogen and oxygen atoms in total. The lowest BCUT2D eigenvalue weighted by molar-refractivity contribution is -0.113. The number of nitrogens with one attached hydrogen (secondary N) is 1. The van der Waals surface area contributed by atoms with Crippen LogP contribution in [0.4, 0.5) is 11.4 Å². The second kappa shape index (κ2) is 6.87. The van der Waals surface area contributed by atoms with Gasteiger partial charge in [-0.3, -0.25) is 9.00 Å². The lowest BCUT2D eigenvalue weighted by Gasteiger charge is -2.09. The average molecular weight is 367 g/mol. The summed E-state index contributed by atoms with van der Waals surface area (Å²) in [7, 11) is -1.40. The Morgan fingerprint density at radius 2 is 2.00 bits per heavy atom. The molecule has 3 N–H and O–H groups in total. The summed E-state index contributed by atoms with van der Waals surface area (Å²) in [4.78, 5) is 12.6.